The lowest BCUT2D eigenvalue weighted by atomic mass is 10.1. The lowest BCUT2D eigenvalue weighted by Gasteiger charge is -2.04. The van der Waals surface area contributed by atoms with Gasteiger partial charge in [0.15, 0.2) is 0 Å². The third kappa shape index (κ3) is 5.51. The summed E-state index contributed by atoms with van der Waals surface area (Å²) in [7, 11) is 0. The highest BCUT2D eigenvalue weighted by Gasteiger charge is 2.11. The summed E-state index contributed by atoms with van der Waals surface area (Å²) in [4.78, 5) is 23.3. The first-order valence-corrected chi connectivity index (χ1v) is 7.99. The van der Waals surface area contributed by atoms with Crippen molar-refractivity contribution in [2.24, 2.45) is 5.10 Å². The van der Waals surface area contributed by atoms with Crippen LogP contribution in [0.4, 0.5) is 0 Å². The fourth-order valence-electron chi connectivity index (χ4n) is 1.89. The number of phenolic OH excluding ortho intramolecular Hbond substituents is 1. The summed E-state index contributed by atoms with van der Waals surface area (Å²) in [6.07, 6.45) is 1.89. The SMILES string of the molecule is O=C(NCCc1ccccc1)C(=O)N/N=C\c1cc(Br)ccc1O. The predicted octanol–water partition coefficient (Wildman–Crippen LogP) is 1.96. The molecule has 6 nitrogen and oxygen atoms in total. The highest BCUT2D eigenvalue weighted by Crippen LogP contribution is 2.19. The number of hydrazone groups is 1. The van der Waals surface area contributed by atoms with Gasteiger partial charge in [0.25, 0.3) is 0 Å². The molecule has 0 saturated carbocycles. The Hall–Kier alpha value is -2.67. The van der Waals surface area contributed by atoms with Crippen molar-refractivity contribution in [3.63, 3.8) is 0 Å². The zero-order chi connectivity index (χ0) is 17.4. The number of benzene rings is 2. The van der Waals surface area contributed by atoms with Crippen LogP contribution in [0, 0.1) is 0 Å². The van der Waals surface area contributed by atoms with E-state index < -0.39 is 11.8 Å². The molecule has 2 aromatic carbocycles. The molecule has 124 valence electrons. The number of hydrogen-bond donors (Lipinski definition) is 3. The standard InChI is InChI=1S/C17H16BrN3O3/c18-14-6-7-15(22)13(10-14)11-20-21-17(24)16(23)19-9-8-12-4-2-1-3-5-12/h1-7,10-11,22H,8-9H2,(H,19,23)(H,21,24)/b20-11-. The van der Waals surface area contributed by atoms with Crippen LogP contribution in [0.25, 0.3) is 0 Å². The zero-order valence-electron chi connectivity index (χ0n) is 12.7. The molecule has 0 heterocycles. The monoisotopic (exact) mass is 389 g/mol. The minimum absolute atomic E-state index is 0.0171. The van der Waals surface area contributed by atoms with Gasteiger partial charge in [0.1, 0.15) is 5.75 Å². The van der Waals surface area contributed by atoms with Crippen molar-refractivity contribution in [3.8, 4) is 5.75 Å². The quantitative estimate of drug-likeness (QED) is 0.414. The average Bonchev–Trinajstić information content (AvgIpc) is 2.58. The fraction of sp³-hybridized carbons (Fsp3) is 0.118. The number of nitrogens with zero attached hydrogens (tertiary/aromatic N) is 1. The van der Waals surface area contributed by atoms with Crippen LogP contribution in [0.2, 0.25) is 0 Å². The summed E-state index contributed by atoms with van der Waals surface area (Å²) >= 11 is 3.26. The van der Waals surface area contributed by atoms with E-state index >= 15 is 0 Å². The second-order valence-electron chi connectivity index (χ2n) is 4.89. The van der Waals surface area contributed by atoms with Crippen molar-refractivity contribution >= 4 is 34.0 Å². The lowest BCUT2D eigenvalue weighted by molar-refractivity contribution is -0.139. The van der Waals surface area contributed by atoms with Crippen LogP contribution in [0.3, 0.4) is 0 Å². The summed E-state index contributed by atoms with van der Waals surface area (Å²) in [5.41, 5.74) is 3.60. The number of halogens is 1. The van der Waals surface area contributed by atoms with E-state index in [4.69, 9.17) is 0 Å². The van der Waals surface area contributed by atoms with Crippen LogP contribution in [-0.2, 0) is 16.0 Å². The van der Waals surface area contributed by atoms with Crippen molar-refractivity contribution in [3.05, 3.63) is 64.1 Å². The van der Waals surface area contributed by atoms with Crippen molar-refractivity contribution in [1.29, 1.82) is 0 Å². The number of rotatable bonds is 5. The molecule has 0 aliphatic rings. The molecule has 2 amide bonds. The first-order chi connectivity index (χ1) is 11.6. The summed E-state index contributed by atoms with van der Waals surface area (Å²) < 4.78 is 0.756. The maximum atomic E-state index is 11.6. The molecule has 3 N–H and O–H groups in total. The zero-order valence-corrected chi connectivity index (χ0v) is 14.3. The third-order valence-corrected chi connectivity index (χ3v) is 3.60. The minimum atomic E-state index is -0.867. The Kier molecular flexibility index (Phi) is 6.51. The van der Waals surface area contributed by atoms with E-state index in [1.54, 1.807) is 12.1 Å². The number of amides is 2. The first kappa shape index (κ1) is 17.7. The van der Waals surface area contributed by atoms with Crippen molar-refractivity contribution in [1.82, 2.24) is 10.7 Å². The summed E-state index contributed by atoms with van der Waals surface area (Å²) in [5.74, 6) is -1.61. The number of carbonyl (C=O) groups excluding carboxylic acids is 2. The van der Waals surface area contributed by atoms with Gasteiger partial charge >= 0.3 is 11.8 Å². The predicted molar refractivity (Wildman–Crippen MR) is 94.7 cm³/mol. The van der Waals surface area contributed by atoms with Crippen molar-refractivity contribution in [2.45, 2.75) is 6.42 Å². The highest BCUT2D eigenvalue weighted by atomic mass is 79.9. The highest BCUT2D eigenvalue weighted by molar-refractivity contribution is 9.10. The molecule has 24 heavy (non-hydrogen) atoms. The number of phenols is 1. The van der Waals surface area contributed by atoms with E-state index in [9.17, 15) is 14.7 Å². The second-order valence-corrected chi connectivity index (χ2v) is 5.81. The van der Waals surface area contributed by atoms with Gasteiger partial charge in [0.05, 0.1) is 6.21 Å². The molecule has 2 rings (SSSR count). The molecule has 0 spiro atoms. The number of aromatic hydroxyl groups is 1. The Morgan fingerprint density at radius 2 is 1.88 bits per heavy atom. The van der Waals surface area contributed by atoms with Crippen LogP contribution in [-0.4, -0.2) is 29.7 Å². The second kappa shape index (κ2) is 8.83. The molecule has 0 aliphatic carbocycles. The molecule has 0 unspecified atom stereocenters. The molecule has 2 aromatic rings. The van der Waals surface area contributed by atoms with Gasteiger partial charge in [-0.3, -0.25) is 9.59 Å². The summed E-state index contributed by atoms with van der Waals surface area (Å²) in [5, 5.41) is 15.8. The van der Waals surface area contributed by atoms with Gasteiger partial charge in [0.2, 0.25) is 0 Å². The van der Waals surface area contributed by atoms with Gasteiger partial charge < -0.3 is 10.4 Å². The molecule has 0 radical (unpaired) electrons. The Bertz CT molecular complexity index is 748. The Morgan fingerprint density at radius 1 is 1.12 bits per heavy atom. The molecular formula is C17H16BrN3O3. The smallest absolute Gasteiger partial charge is 0.329 e. The van der Waals surface area contributed by atoms with Crippen LogP contribution >= 0.6 is 15.9 Å². The van der Waals surface area contributed by atoms with Gasteiger partial charge in [0, 0.05) is 16.6 Å². The largest absolute Gasteiger partial charge is 0.507 e. The van der Waals surface area contributed by atoms with Gasteiger partial charge in [-0.2, -0.15) is 5.10 Å². The summed E-state index contributed by atoms with van der Waals surface area (Å²) in [6.45, 7) is 0.354. The Labute approximate surface area is 147 Å². The van der Waals surface area contributed by atoms with Gasteiger partial charge in [-0.15, -0.1) is 0 Å². The molecule has 0 atom stereocenters. The molecule has 0 aliphatic heterocycles. The molecule has 7 heteroatoms. The molecule has 0 saturated heterocycles. The number of nitrogens with one attached hydrogen (secondary N) is 2. The topological polar surface area (TPSA) is 90.8 Å². The van der Waals surface area contributed by atoms with Gasteiger partial charge in [-0.1, -0.05) is 46.3 Å². The first-order valence-electron chi connectivity index (χ1n) is 7.20. The van der Waals surface area contributed by atoms with E-state index in [0.29, 0.717) is 18.5 Å². The summed E-state index contributed by atoms with van der Waals surface area (Å²) in [6, 6.07) is 14.4. The van der Waals surface area contributed by atoms with Gasteiger partial charge in [-0.25, -0.2) is 5.43 Å². The minimum Gasteiger partial charge on any atom is -0.507 e. The molecule has 0 fully saturated rings. The lowest BCUT2D eigenvalue weighted by Crippen LogP contribution is -2.38. The van der Waals surface area contributed by atoms with E-state index in [0.717, 1.165) is 10.0 Å². The van der Waals surface area contributed by atoms with Crippen LogP contribution in [0.15, 0.2) is 58.1 Å². The van der Waals surface area contributed by atoms with Gasteiger partial charge in [-0.05, 0) is 30.2 Å². The Balaban J connectivity index is 1.78. The van der Waals surface area contributed by atoms with Crippen molar-refractivity contribution in [2.75, 3.05) is 6.54 Å². The van der Waals surface area contributed by atoms with E-state index in [2.05, 4.69) is 31.8 Å². The molecule has 0 bridgehead atoms. The van der Waals surface area contributed by atoms with Crippen LogP contribution in [0.5, 0.6) is 5.75 Å². The Morgan fingerprint density at radius 3 is 2.62 bits per heavy atom. The normalized spacial score (nSPS) is 10.5. The van der Waals surface area contributed by atoms with E-state index in [1.165, 1.54) is 12.3 Å². The third-order valence-electron chi connectivity index (χ3n) is 3.11. The molecule has 0 aromatic heterocycles. The van der Waals surface area contributed by atoms with E-state index in [-0.39, 0.29) is 5.75 Å². The average molecular weight is 390 g/mol. The maximum absolute atomic E-state index is 11.6. The van der Waals surface area contributed by atoms with Crippen LogP contribution in [0.1, 0.15) is 11.1 Å². The fourth-order valence-corrected chi connectivity index (χ4v) is 2.26. The van der Waals surface area contributed by atoms with E-state index in [1.807, 2.05) is 30.3 Å². The number of hydrogen-bond acceptors (Lipinski definition) is 4. The van der Waals surface area contributed by atoms with Crippen LogP contribution < -0.4 is 10.7 Å². The maximum Gasteiger partial charge on any atom is 0.329 e. The number of carbonyl (C=O) groups is 2. The molecular weight excluding hydrogens is 374 g/mol. The van der Waals surface area contributed by atoms with Crippen molar-refractivity contribution < 1.29 is 14.7 Å².